The Morgan fingerprint density at radius 2 is 1.75 bits per heavy atom. The third-order valence-corrected chi connectivity index (χ3v) is 1.95. The van der Waals surface area contributed by atoms with Crippen LogP contribution in [0, 0.1) is 0 Å². The van der Waals surface area contributed by atoms with Crippen LogP contribution in [0.4, 0.5) is 0 Å². The lowest BCUT2D eigenvalue weighted by molar-refractivity contribution is -0.248. The Morgan fingerprint density at radius 1 is 1.17 bits per heavy atom. The number of aliphatic hydroxyl groups is 4. The minimum Gasteiger partial charge on any atom is -0.394 e. The van der Waals surface area contributed by atoms with Gasteiger partial charge in [-0.15, -0.1) is 0 Å². The standard InChI is InChI=1S/C6H13NO5/c7-3-5(10)4(9)2(1-8)12-6(3)11/h2-6,8-11H,1,7H2/t2-,3-,4?,5-,6?/m1/s1/i6+1. The third kappa shape index (κ3) is 1.58. The molecule has 0 spiro atoms. The van der Waals surface area contributed by atoms with Crippen LogP contribution < -0.4 is 5.73 Å². The van der Waals surface area contributed by atoms with Gasteiger partial charge in [0.2, 0.25) is 0 Å². The number of hydrogen-bond donors (Lipinski definition) is 5. The highest BCUT2D eigenvalue weighted by atomic mass is 16.7. The predicted molar refractivity (Wildman–Crippen MR) is 38.0 cm³/mol. The summed E-state index contributed by atoms with van der Waals surface area (Å²) in [4.78, 5) is 0. The van der Waals surface area contributed by atoms with Gasteiger partial charge in [-0.1, -0.05) is 0 Å². The fourth-order valence-corrected chi connectivity index (χ4v) is 1.12. The molecule has 1 aliphatic rings. The highest BCUT2D eigenvalue weighted by molar-refractivity contribution is 4.90. The van der Waals surface area contributed by atoms with Gasteiger partial charge in [0.05, 0.1) is 12.6 Å². The molecule has 6 N–H and O–H groups in total. The first-order valence-electron chi connectivity index (χ1n) is 3.64. The summed E-state index contributed by atoms with van der Waals surface area (Å²) in [7, 11) is 0. The van der Waals surface area contributed by atoms with E-state index in [1.807, 2.05) is 0 Å². The Morgan fingerprint density at radius 3 is 2.25 bits per heavy atom. The fourth-order valence-electron chi connectivity index (χ4n) is 1.12. The van der Waals surface area contributed by atoms with E-state index in [0.717, 1.165) is 0 Å². The van der Waals surface area contributed by atoms with E-state index in [2.05, 4.69) is 0 Å². The normalized spacial score (nSPS) is 49.2. The fraction of sp³-hybridized carbons (Fsp3) is 1.00. The van der Waals surface area contributed by atoms with E-state index in [4.69, 9.17) is 20.7 Å². The van der Waals surface area contributed by atoms with Crippen molar-refractivity contribution in [3.05, 3.63) is 0 Å². The van der Waals surface area contributed by atoms with Crippen molar-refractivity contribution in [2.24, 2.45) is 5.73 Å². The van der Waals surface area contributed by atoms with Gasteiger partial charge in [0.25, 0.3) is 0 Å². The molecule has 1 heterocycles. The van der Waals surface area contributed by atoms with Gasteiger partial charge in [-0.25, -0.2) is 0 Å². The zero-order valence-corrected chi connectivity index (χ0v) is 6.37. The Balaban J connectivity index is 2.63. The lowest BCUT2D eigenvalue weighted by Gasteiger charge is -2.38. The summed E-state index contributed by atoms with van der Waals surface area (Å²) in [6.07, 6.45) is -4.85. The van der Waals surface area contributed by atoms with Crippen molar-refractivity contribution in [2.45, 2.75) is 30.6 Å². The lowest BCUT2D eigenvalue weighted by atomic mass is 10.0. The van der Waals surface area contributed by atoms with Crippen molar-refractivity contribution in [1.29, 1.82) is 0 Å². The summed E-state index contributed by atoms with van der Waals surface area (Å²) in [5.74, 6) is 0. The number of aliphatic hydroxyl groups excluding tert-OH is 4. The third-order valence-electron chi connectivity index (χ3n) is 1.95. The number of rotatable bonds is 1. The van der Waals surface area contributed by atoms with Gasteiger partial charge < -0.3 is 30.9 Å². The maximum atomic E-state index is 9.20. The number of nitrogens with two attached hydrogens (primary N) is 1. The molecule has 0 aromatic rings. The highest BCUT2D eigenvalue weighted by Gasteiger charge is 2.41. The van der Waals surface area contributed by atoms with Crippen LogP contribution >= 0.6 is 0 Å². The zero-order valence-electron chi connectivity index (χ0n) is 6.37. The SMILES string of the molecule is N[C@@H]1[C@@H](O)C(O)[C@@H](CO)O[13CH]1O. The molecule has 6 nitrogen and oxygen atoms in total. The monoisotopic (exact) mass is 180 g/mol. The topological polar surface area (TPSA) is 116 Å². The molecule has 12 heavy (non-hydrogen) atoms. The summed E-state index contributed by atoms with van der Waals surface area (Å²) < 4.78 is 4.70. The molecule has 0 saturated carbocycles. The Labute approximate surface area is 69.2 Å². The zero-order chi connectivity index (χ0) is 9.30. The van der Waals surface area contributed by atoms with Gasteiger partial charge in [0, 0.05) is 0 Å². The van der Waals surface area contributed by atoms with Crippen LogP contribution in [-0.4, -0.2) is 57.7 Å². The van der Waals surface area contributed by atoms with Gasteiger partial charge in [0.15, 0.2) is 6.29 Å². The van der Waals surface area contributed by atoms with Gasteiger partial charge in [-0.05, 0) is 0 Å². The molecule has 1 fully saturated rings. The first kappa shape index (κ1) is 9.85. The lowest BCUT2D eigenvalue weighted by Crippen LogP contribution is -2.61. The Kier molecular flexibility index (Phi) is 2.99. The number of hydrogen-bond acceptors (Lipinski definition) is 6. The first-order valence-corrected chi connectivity index (χ1v) is 3.64. The second kappa shape index (κ2) is 3.65. The minimum absolute atomic E-state index is 0.470. The first-order chi connectivity index (χ1) is 5.57. The van der Waals surface area contributed by atoms with Crippen LogP contribution in [0.3, 0.4) is 0 Å². The van der Waals surface area contributed by atoms with Crippen molar-refractivity contribution in [1.82, 2.24) is 0 Å². The molecule has 0 aromatic heterocycles. The second-order valence-corrected chi connectivity index (χ2v) is 2.81. The van der Waals surface area contributed by atoms with Crippen molar-refractivity contribution in [2.75, 3.05) is 6.61 Å². The van der Waals surface area contributed by atoms with Crippen molar-refractivity contribution >= 4 is 0 Å². The van der Waals surface area contributed by atoms with Crippen molar-refractivity contribution < 1.29 is 25.2 Å². The molecular weight excluding hydrogens is 167 g/mol. The maximum absolute atomic E-state index is 9.20. The minimum atomic E-state index is -1.35. The van der Waals surface area contributed by atoms with Gasteiger partial charge in [0.1, 0.15) is 18.3 Å². The van der Waals surface area contributed by atoms with E-state index in [1.165, 1.54) is 0 Å². The molecule has 1 saturated heterocycles. The van der Waals surface area contributed by atoms with E-state index in [0.29, 0.717) is 0 Å². The summed E-state index contributed by atoms with van der Waals surface area (Å²) in [5, 5.41) is 36.1. The molecule has 0 bridgehead atoms. The quantitative estimate of drug-likeness (QED) is 0.270. The second-order valence-electron chi connectivity index (χ2n) is 2.81. The summed E-state index contributed by atoms with van der Waals surface area (Å²) in [6, 6.07) is -1.04. The average molecular weight is 180 g/mol. The summed E-state index contributed by atoms with van der Waals surface area (Å²) in [5.41, 5.74) is 5.26. The van der Waals surface area contributed by atoms with E-state index in [9.17, 15) is 10.2 Å². The number of ether oxygens (including phenoxy) is 1. The van der Waals surface area contributed by atoms with Crippen LogP contribution in [0.5, 0.6) is 0 Å². The van der Waals surface area contributed by atoms with Gasteiger partial charge in [-0.3, -0.25) is 0 Å². The van der Waals surface area contributed by atoms with Crippen LogP contribution in [-0.2, 0) is 4.74 Å². The molecule has 0 aliphatic carbocycles. The average Bonchev–Trinajstić information content (AvgIpc) is 2.08. The van der Waals surface area contributed by atoms with Crippen molar-refractivity contribution in [3.8, 4) is 0 Å². The van der Waals surface area contributed by atoms with E-state index < -0.39 is 37.3 Å². The molecular formula is C6H13NO5. The molecule has 0 radical (unpaired) electrons. The van der Waals surface area contributed by atoms with Gasteiger partial charge in [-0.2, -0.15) is 0 Å². The Bertz CT molecular complexity index is 150. The largest absolute Gasteiger partial charge is 0.394 e. The molecule has 1 aliphatic heterocycles. The van der Waals surface area contributed by atoms with E-state index in [1.54, 1.807) is 0 Å². The molecule has 72 valence electrons. The van der Waals surface area contributed by atoms with Crippen LogP contribution in [0.25, 0.3) is 0 Å². The van der Waals surface area contributed by atoms with Crippen LogP contribution in [0.1, 0.15) is 0 Å². The maximum Gasteiger partial charge on any atom is 0.173 e. The predicted octanol–water partition coefficient (Wildman–Crippen LogP) is -3.26. The van der Waals surface area contributed by atoms with Crippen molar-refractivity contribution in [3.63, 3.8) is 0 Å². The van der Waals surface area contributed by atoms with Crippen LogP contribution in [0.2, 0.25) is 0 Å². The van der Waals surface area contributed by atoms with Gasteiger partial charge >= 0.3 is 0 Å². The van der Waals surface area contributed by atoms with E-state index >= 15 is 0 Å². The smallest absolute Gasteiger partial charge is 0.173 e. The molecule has 1 rings (SSSR count). The molecule has 5 atom stereocenters. The highest BCUT2D eigenvalue weighted by Crippen LogP contribution is 2.17. The molecule has 6 heteroatoms. The summed E-state index contributed by atoms with van der Waals surface area (Å²) >= 11 is 0. The summed E-state index contributed by atoms with van der Waals surface area (Å²) in [6.45, 7) is -0.470. The molecule has 2 unspecified atom stereocenters. The Hall–Kier alpha value is -0.240. The molecule has 0 aromatic carbocycles. The van der Waals surface area contributed by atoms with E-state index in [-0.39, 0.29) is 0 Å². The molecule has 0 amide bonds. The van der Waals surface area contributed by atoms with Crippen LogP contribution in [0.15, 0.2) is 0 Å².